The van der Waals surface area contributed by atoms with Crippen molar-refractivity contribution < 1.29 is 13.5 Å². The van der Waals surface area contributed by atoms with Gasteiger partial charge in [-0.3, -0.25) is 0 Å². The predicted molar refractivity (Wildman–Crippen MR) is 71.6 cm³/mol. The van der Waals surface area contributed by atoms with Crippen molar-refractivity contribution in [3.05, 3.63) is 35.4 Å². The average Bonchev–Trinajstić information content (AvgIpc) is 2.61. The van der Waals surface area contributed by atoms with Gasteiger partial charge >= 0.3 is 0 Å². The van der Waals surface area contributed by atoms with E-state index >= 15 is 0 Å². The van der Waals surface area contributed by atoms with Crippen LogP contribution in [-0.2, 0) is 11.2 Å². The minimum absolute atomic E-state index is 0.328. The lowest BCUT2D eigenvalue weighted by Gasteiger charge is -2.19. The van der Waals surface area contributed by atoms with E-state index in [1.807, 2.05) is 0 Å². The van der Waals surface area contributed by atoms with Crippen LogP contribution in [0.5, 0.6) is 0 Å². The fraction of sp³-hybridized carbons (Fsp3) is 0.600. The smallest absolute Gasteiger partial charge is 0.261 e. The molecule has 0 spiro atoms. The van der Waals surface area contributed by atoms with Gasteiger partial charge in [-0.2, -0.15) is 0 Å². The Hall–Kier alpha value is -1.00. The van der Waals surface area contributed by atoms with Crippen LogP contribution in [0.2, 0.25) is 0 Å². The van der Waals surface area contributed by atoms with Crippen molar-refractivity contribution in [2.24, 2.45) is 0 Å². The molecule has 106 valence electrons. The molecule has 19 heavy (non-hydrogen) atoms. The largest absolute Gasteiger partial charge is 0.374 e. The van der Waals surface area contributed by atoms with Crippen molar-refractivity contribution in [2.45, 2.75) is 38.2 Å². The SMILES string of the molecule is FC(F)COCCNC1CCCCc2ccccc21. The lowest BCUT2D eigenvalue weighted by molar-refractivity contribution is 0.0181. The summed E-state index contributed by atoms with van der Waals surface area (Å²) in [6.45, 7) is 0.484. The van der Waals surface area contributed by atoms with Gasteiger partial charge in [0, 0.05) is 12.6 Å². The van der Waals surface area contributed by atoms with E-state index < -0.39 is 13.0 Å². The molecule has 1 unspecified atom stereocenters. The van der Waals surface area contributed by atoms with Gasteiger partial charge in [-0.05, 0) is 30.4 Å². The third kappa shape index (κ3) is 4.55. The number of hydrogen-bond acceptors (Lipinski definition) is 2. The van der Waals surface area contributed by atoms with E-state index in [0.717, 1.165) is 12.8 Å². The second-order valence-electron chi connectivity index (χ2n) is 4.92. The van der Waals surface area contributed by atoms with Gasteiger partial charge in [0.2, 0.25) is 0 Å². The van der Waals surface area contributed by atoms with Gasteiger partial charge in [0.1, 0.15) is 6.61 Å². The summed E-state index contributed by atoms with van der Waals surface area (Å²) >= 11 is 0. The molecule has 4 heteroatoms. The third-order valence-electron chi connectivity index (χ3n) is 3.50. The maximum atomic E-state index is 11.9. The Morgan fingerprint density at radius 2 is 2.11 bits per heavy atom. The standard InChI is InChI=1S/C15H21F2NO/c16-15(17)11-19-10-9-18-14-8-4-2-6-12-5-1-3-7-13(12)14/h1,3,5,7,14-15,18H,2,4,6,8-11H2. The molecule has 0 saturated heterocycles. The number of aryl methyl sites for hydroxylation is 1. The molecule has 0 heterocycles. The summed E-state index contributed by atoms with van der Waals surface area (Å²) < 4.78 is 28.7. The van der Waals surface area contributed by atoms with Crippen molar-refractivity contribution >= 4 is 0 Å². The van der Waals surface area contributed by atoms with Crippen LogP contribution in [0.25, 0.3) is 0 Å². The number of alkyl halides is 2. The van der Waals surface area contributed by atoms with Crippen molar-refractivity contribution in [3.8, 4) is 0 Å². The quantitative estimate of drug-likeness (QED) is 0.632. The van der Waals surface area contributed by atoms with Gasteiger partial charge in [0.15, 0.2) is 0 Å². The van der Waals surface area contributed by atoms with Crippen LogP contribution in [0.3, 0.4) is 0 Å². The molecule has 2 rings (SSSR count). The minimum Gasteiger partial charge on any atom is -0.374 e. The topological polar surface area (TPSA) is 21.3 Å². The highest BCUT2D eigenvalue weighted by molar-refractivity contribution is 5.31. The highest BCUT2D eigenvalue weighted by Gasteiger charge is 2.17. The Bertz CT molecular complexity index is 384. The molecule has 0 bridgehead atoms. The molecular weight excluding hydrogens is 248 g/mol. The third-order valence-corrected chi connectivity index (χ3v) is 3.50. The fourth-order valence-corrected chi connectivity index (χ4v) is 2.61. The van der Waals surface area contributed by atoms with E-state index in [0.29, 0.717) is 19.2 Å². The van der Waals surface area contributed by atoms with Crippen LogP contribution in [-0.4, -0.2) is 26.2 Å². The van der Waals surface area contributed by atoms with Crippen molar-refractivity contribution in [1.29, 1.82) is 0 Å². The monoisotopic (exact) mass is 269 g/mol. The summed E-state index contributed by atoms with van der Waals surface area (Å²) in [6, 6.07) is 8.81. The van der Waals surface area contributed by atoms with Gasteiger partial charge in [-0.25, -0.2) is 8.78 Å². The van der Waals surface area contributed by atoms with E-state index in [9.17, 15) is 8.78 Å². The Balaban J connectivity index is 1.83. The van der Waals surface area contributed by atoms with Gasteiger partial charge in [-0.1, -0.05) is 30.7 Å². The molecule has 1 N–H and O–H groups in total. The molecule has 0 saturated carbocycles. The second kappa shape index (κ2) is 7.56. The molecule has 2 nitrogen and oxygen atoms in total. The number of benzene rings is 1. The Morgan fingerprint density at radius 3 is 2.95 bits per heavy atom. The maximum absolute atomic E-state index is 11.9. The van der Waals surface area contributed by atoms with Crippen LogP contribution in [0.15, 0.2) is 24.3 Å². The normalized spacial score (nSPS) is 19.2. The second-order valence-corrected chi connectivity index (χ2v) is 4.92. The Morgan fingerprint density at radius 1 is 1.26 bits per heavy atom. The van der Waals surface area contributed by atoms with E-state index in [-0.39, 0.29) is 0 Å². The Labute approximate surface area is 113 Å². The van der Waals surface area contributed by atoms with Gasteiger partial charge in [0.25, 0.3) is 6.43 Å². The lowest BCUT2D eigenvalue weighted by Crippen LogP contribution is -2.26. The first-order chi connectivity index (χ1) is 9.27. The highest BCUT2D eigenvalue weighted by Crippen LogP contribution is 2.28. The summed E-state index contributed by atoms with van der Waals surface area (Å²) in [7, 11) is 0. The van der Waals surface area contributed by atoms with Gasteiger partial charge < -0.3 is 10.1 Å². The van der Waals surface area contributed by atoms with E-state index in [1.54, 1.807) is 0 Å². The molecule has 1 aromatic carbocycles. The van der Waals surface area contributed by atoms with Crippen LogP contribution in [0.1, 0.15) is 36.4 Å². The van der Waals surface area contributed by atoms with E-state index in [1.165, 1.54) is 24.0 Å². The van der Waals surface area contributed by atoms with Crippen molar-refractivity contribution in [3.63, 3.8) is 0 Å². The van der Waals surface area contributed by atoms with Crippen LogP contribution >= 0.6 is 0 Å². The molecular formula is C15H21F2NO. The first-order valence-electron chi connectivity index (χ1n) is 6.94. The number of halogens is 2. The number of rotatable bonds is 6. The molecule has 0 amide bonds. The lowest BCUT2D eigenvalue weighted by atomic mass is 9.99. The molecule has 0 aromatic heterocycles. The summed E-state index contributed by atoms with van der Waals surface area (Å²) in [5.74, 6) is 0. The fourth-order valence-electron chi connectivity index (χ4n) is 2.61. The number of fused-ring (bicyclic) bond motifs is 1. The minimum atomic E-state index is -2.38. The zero-order chi connectivity index (χ0) is 13.5. The molecule has 1 aromatic rings. The van der Waals surface area contributed by atoms with Crippen LogP contribution in [0, 0.1) is 0 Å². The summed E-state index contributed by atoms with van der Waals surface area (Å²) in [5.41, 5.74) is 2.76. The van der Waals surface area contributed by atoms with Gasteiger partial charge in [-0.15, -0.1) is 0 Å². The highest BCUT2D eigenvalue weighted by atomic mass is 19.3. The van der Waals surface area contributed by atoms with E-state index in [2.05, 4.69) is 29.6 Å². The van der Waals surface area contributed by atoms with Crippen molar-refractivity contribution in [1.82, 2.24) is 5.32 Å². The summed E-state index contributed by atoms with van der Waals surface area (Å²) in [4.78, 5) is 0. The van der Waals surface area contributed by atoms with Crippen molar-refractivity contribution in [2.75, 3.05) is 19.8 Å². The molecule has 0 radical (unpaired) electrons. The van der Waals surface area contributed by atoms with Gasteiger partial charge in [0.05, 0.1) is 6.61 Å². The number of ether oxygens (including phenoxy) is 1. The maximum Gasteiger partial charge on any atom is 0.261 e. The zero-order valence-electron chi connectivity index (χ0n) is 11.1. The Kier molecular flexibility index (Phi) is 5.73. The average molecular weight is 269 g/mol. The zero-order valence-corrected chi connectivity index (χ0v) is 11.1. The summed E-state index contributed by atoms with van der Waals surface area (Å²) in [5, 5.41) is 3.42. The molecule has 1 atom stereocenters. The van der Waals surface area contributed by atoms with E-state index in [4.69, 9.17) is 4.74 Å². The number of nitrogens with one attached hydrogen (secondary N) is 1. The molecule has 0 aliphatic heterocycles. The van der Waals surface area contributed by atoms with Crippen LogP contribution in [0.4, 0.5) is 8.78 Å². The molecule has 0 fully saturated rings. The predicted octanol–water partition coefficient (Wildman–Crippen LogP) is 3.33. The molecule has 1 aliphatic rings. The summed E-state index contributed by atoms with van der Waals surface area (Å²) in [6.07, 6.45) is 2.28. The number of hydrogen-bond donors (Lipinski definition) is 1. The molecule has 1 aliphatic carbocycles. The first kappa shape index (κ1) is 14.4. The van der Waals surface area contributed by atoms with Crippen LogP contribution < -0.4 is 5.32 Å². The first-order valence-corrected chi connectivity index (χ1v) is 6.94.